The summed E-state index contributed by atoms with van der Waals surface area (Å²) in [7, 11) is 0. The van der Waals surface area contributed by atoms with E-state index in [1.54, 1.807) is 11.1 Å². The number of nitrogens with one attached hydrogen (secondary N) is 1. The molecule has 0 atom stereocenters. The van der Waals surface area contributed by atoms with Crippen molar-refractivity contribution in [2.75, 3.05) is 16.8 Å². The van der Waals surface area contributed by atoms with Crippen LogP contribution in [-0.4, -0.2) is 22.4 Å². The topological polar surface area (TPSA) is 58.1 Å². The lowest BCUT2D eigenvalue weighted by Gasteiger charge is -2.15. The molecule has 21 heavy (non-hydrogen) atoms. The highest BCUT2D eigenvalue weighted by molar-refractivity contribution is 7.15. The van der Waals surface area contributed by atoms with E-state index in [0.717, 1.165) is 35.0 Å². The lowest BCUT2D eigenvalue weighted by atomic mass is 10.3. The number of hydrogen-bond acceptors (Lipinski definition) is 5. The van der Waals surface area contributed by atoms with E-state index in [0.29, 0.717) is 17.4 Å². The van der Waals surface area contributed by atoms with Gasteiger partial charge in [-0.2, -0.15) is 0 Å². The number of thiazole rings is 1. The second-order valence-electron chi connectivity index (χ2n) is 4.88. The summed E-state index contributed by atoms with van der Waals surface area (Å²) in [4.78, 5) is 23.1. The van der Waals surface area contributed by atoms with Crippen molar-refractivity contribution in [3.05, 3.63) is 33.4 Å². The van der Waals surface area contributed by atoms with E-state index >= 15 is 0 Å². The zero-order valence-electron chi connectivity index (χ0n) is 11.6. The molecule has 5 nitrogen and oxygen atoms in total. The number of carbonyl (C=O) groups excluding carboxylic acids is 1. The molecule has 3 rings (SSSR count). The van der Waals surface area contributed by atoms with Gasteiger partial charge in [0.2, 0.25) is 5.91 Å². The van der Waals surface area contributed by atoms with Gasteiger partial charge < -0.3 is 10.2 Å². The van der Waals surface area contributed by atoms with Crippen LogP contribution in [0.2, 0.25) is 4.47 Å². The van der Waals surface area contributed by atoms with E-state index in [9.17, 15) is 4.79 Å². The van der Waals surface area contributed by atoms with E-state index in [-0.39, 0.29) is 5.91 Å². The third-order valence-corrected chi connectivity index (χ3v) is 4.69. The third kappa shape index (κ3) is 3.16. The molecule has 3 heterocycles. The van der Waals surface area contributed by atoms with Crippen LogP contribution in [0.3, 0.4) is 0 Å². The van der Waals surface area contributed by atoms with Crippen LogP contribution in [0, 0.1) is 6.92 Å². The predicted octanol–water partition coefficient (Wildman–Crippen LogP) is 3.24. The van der Waals surface area contributed by atoms with Gasteiger partial charge in [0, 0.05) is 17.8 Å². The van der Waals surface area contributed by atoms with Gasteiger partial charge in [-0.25, -0.2) is 9.97 Å². The van der Waals surface area contributed by atoms with Gasteiger partial charge in [-0.15, -0.1) is 11.3 Å². The van der Waals surface area contributed by atoms with Crippen LogP contribution in [-0.2, 0) is 11.3 Å². The van der Waals surface area contributed by atoms with E-state index in [1.807, 2.05) is 19.1 Å². The van der Waals surface area contributed by atoms with Gasteiger partial charge in [0.05, 0.1) is 24.1 Å². The Morgan fingerprint density at radius 3 is 2.90 bits per heavy atom. The number of amides is 1. The minimum Gasteiger partial charge on any atom is -0.365 e. The Morgan fingerprint density at radius 1 is 1.48 bits per heavy atom. The number of nitrogens with zero attached hydrogens (tertiary/aromatic N) is 3. The molecule has 1 amide bonds. The van der Waals surface area contributed by atoms with Gasteiger partial charge in [-0.1, -0.05) is 11.6 Å². The monoisotopic (exact) mass is 322 g/mol. The molecule has 0 saturated carbocycles. The van der Waals surface area contributed by atoms with Crippen molar-refractivity contribution in [3.8, 4) is 0 Å². The summed E-state index contributed by atoms with van der Waals surface area (Å²) in [6, 6.07) is 3.81. The van der Waals surface area contributed by atoms with Crippen LogP contribution in [0.1, 0.15) is 23.4 Å². The van der Waals surface area contributed by atoms with Crippen LogP contribution in [0.25, 0.3) is 0 Å². The Bertz CT molecular complexity index is 655. The molecule has 0 aliphatic carbocycles. The Balaban J connectivity index is 1.64. The van der Waals surface area contributed by atoms with Gasteiger partial charge in [0.1, 0.15) is 5.82 Å². The van der Waals surface area contributed by atoms with Gasteiger partial charge in [-0.3, -0.25) is 4.79 Å². The largest absolute Gasteiger partial charge is 0.365 e. The van der Waals surface area contributed by atoms with Crippen molar-refractivity contribution in [2.24, 2.45) is 0 Å². The van der Waals surface area contributed by atoms with Crippen LogP contribution < -0.4 is 10.2 Å². The first kappa shape index (κ1) is 14.3. The fraction of sp³-hybridized carbons (Fsp3) is 0.357. The molecule has 0 bridgehead atoms. The van der Waals surface area contributed by atoms with E-state index in [4.69, 9.17) is 11.6 Å². The molecule has 1 N–H and O–H groups in total. The maximum Gasteiger partial charge on any atom is 0.227 e. The molecular formula is C14H15ClN4OS. The normalized spacial score (nSPS) is 14.8. The summed E-state index contributed by atoms with van der Waals surface area (Å²) in [5.41, 5.74) is 1.80. The first-order valence-electron chi connectivity index (χ1n) is 6.75. The van der Waals surface area contributed by atoms with E-state index < -0.39 is 0 Å². The van der Waals surface area contributed by atoms with Gasteiger partial charge in [-0.05, 0) is 25.5 Å². The van der Waals surface area contributed by atoms with Crippen LogP contribution in [0.4, 0.5) is 11.5 Å². The van der Waals surface area contributed by atoms with Gasteiger partial charge >= 0.3 is 0 Å². The molecule has 0 aromatic carbocycles. The molecule has 2 aromatic heterocycles. The van der Waals surface area contributed by atoms with Gasteiger partial charge in [0.15, 0.2) is 4.47 Å². The molecule has 0 spiro atoms. The maximum absolute atomic E-state index is 11.7. The lowest BCUT2D eigenvalue weighted by molar-refractivity contribution is -0.117. The highest BCUT2D eigenvalue weighted by atomic mass is 35.5. The Kier molecular flexibility index (Phi) is 4.07. The van der Waals surface area contributed by atoms with Crippen LogP contribution >= 0.6 is 22.9 Å². The minimum absolute atomic E-state index is 0.174. The number of halogens is 1. The van der Waals surface area contributed by atoms with Crippen molar-refractivity contribution in [1.29, 1.82) is 0 Å². The number of pyridine rings is 1. The lowest BCUT2D eigenvalue weighted by Crippen LogP contribution is -2.23. The molecule has 1 fully saturated rings. The molecule has 0 radical (unpaired) electrons. The Hall–Kier alpha value is -1.66. The minimum atomic E-state index is 0.174. The molecule has 1 aliphatic rings. The Labute approximate surface area is 132 Å². The molecule has 0 unspecified atom stereocenters. The highest BCUT2D eigenvalue weighted by Gasteiger charge is 2.21. The number of anilines is 2. The summed E-state index contributed by atoms with van der Waals surface area (Å²) < 4.78 is 0.556. The summed E-state index contributed by atoms with van der Waals surface area (Å²) in [5.74, 6) is 0.946. The maximum atomic E-state index is 11.7. The molecule has 110 valence electrons. The second kappa shape index (κ2) is 5.99. The first-order chi connectivity index (χ1) is 10.1. The SMILES string of the molecule is Cc1nc(Cl)sc1CNc1ccc(N2CCCC2=O)cn1. The smallest absolute Gasteiger partial charge is 0.227 e. The van der Waals surface area contributed by atoms with E-state index in [1.165, 1.54) is 11.3 Å². The average molecular weight is 323 g/mol. The number of rotatable bonds is 4. The zero-order chi connectivity index (χ0) is 14.8. The quantitative estimate of drug-likeness (QED) is 0.938. The zero-order valence-corrected chi connectivity index (χ0v) is 13.2. The van der Waals surface area contributed by atoms with Crippen LogP contribution in [0.5, 0.6) is 0 Å². The molecule has 2 aromatic rings. The average Bonchev–Trinajstić information content (AvgIpc) is 3.03. The molecule has 1 aliphatic heterocycles. The number of aromatic nitrogens is 2. The number of carbonyl (C=O) groups is 1. The fourth-order valence-electron chi connectivity index (χ4n) is 2.30. The van der Waals surface area contributed by atoms with Crippen molar-refractivity contribution in [1.82, 2.24) is 9.97 Å². The first-order valence-corrected chi connectivity index (χ1v) is 7.95. The van der Waals surface area contributed by atoms with E-state index in [2.05, 4.69) is 15.3 Å². The molecule has 7 heteroatoms. The summed E-state index contributed by atoms with van der Waals surface area (Å²) in [6.07, 6.45) is 3.29. The van der Waals surface area contributed by atoms with Crippen molar-refractivity contribution in [3.63, 3.8) is 0 Å². The standard InChI is InChI=1S/C14H15ClN4OS/c1-9-11(21-14(15)18-9)8-17-12-5-4-10(7-16-12)19-6-2-3-13(19)20/h4-5,7H,2-3,6,8H2,1H3,(H,16,17). The third-order valence-electron chi connectivity index (χ3n) is 3.43. The highest BCUT2D eigenvalue weighted by Crippen LogP contribution is 2.24. The number of hydrogen-bond donors (Lipinski definition) is 1. The second-order valence-corrected chi connectivity index (χ2v) is 6.55. The molecular weight excluding hydrogens is 308 g/mol. The summed E-state index contributed by atoms with van der Waals surface area (Å²) >= 11 is 7.35. The molecule has 1 saturated heterocycles. The number of aryl methyl sites for hydroxylation is 1. The predicted molar refractivity (Wildman–Crippen MR) is 85.0 cm³/mol. The Morgan fingerprint density at radius 2 is 2.33 bits per heavy atom. The summed E-state index contributed by atoms with van der Waals surface area (Å²) in [6.45, 7) is 3.37. The fourth-order valence-corrected chi connectivity index (χ4v) is 3.43. The van der Waals surface area contributed by atoms with Crippen molar-refractivity contribution < 1.29 is 4.79 Å². The van der Waals surface area contributed by atoms with Crippen molar-refractivity contribution >= 4 is 40.4 Å². The van der Waals surface area contributed by atoms with Crippen LogP contribution in [0.15, 0.2) is 18.3 Å². The van der Waals surface area contributed by atoms with Crippen molar-refractivity contribution in [2.45, 2.75) is 26.3 Å². The summed E-state index contributed by atoms with van der Waals surface area (Å²) in [5, 5.41) is 3.24. The van der Waals surface area contributed by atoms with Gasteiger partial charge in [0.25, 0.3) is 0 Å².